The van der Waals surface area contributed by atoms with Crippen LogP contribution in [0.1, 0.15) is 148 Å². The van der Waals surface area contributed by atoms with Gasteiger partial charge in [0, 0.05) is 71.5 Å². The lowest BCUT2D eigenvalue weighted by atomic mass is 10.0. The minimum absolute atomic E-state index is 0. The summed E-state index contributed by atoms with van der Waals surface area (Å²) in [5.74, 6) is -1.10. The normalized spacial score (nSPS) is 12.4. The summed E-state index contributed by atoms with van der Waals surface area (Å²) in [5, 5.41) is 16.0. The Labute approximate surface area is 639 Å². The van der Waals surface area contributed by atoms with E-state index in [1.807, 2.05) is 99.6 Å². The van der Waals surface area contributed by atoms with Crippen LogP contribution in [-0.4, -0.2) is 109 Å². The molecule has 9 rings (SSSR count). The highest BCUT2D eigenvalue weighted by Gasteiger charge is 2.23. The zero-order valence-electron chi connectivity index (χ0n) is 61.3. The van der Waals surface area contributed by atoms with E-state index in [1.54, 1.807) is 90.3 Å². The molecule has 5 aromatic carbocycles. The number of aromatic nitrogens is 6. The van der Waals surface area contributed by atoms with Gasteiger partial charge in [-0.1, -0.05) is 77.8 Å². The van der Waals surface area contributed by atoms with E-state index < -0.39 is 52.5 Å². The Morgan fingerprint density at radius 1 is 0.585 bits per heavy atom. The molecule has 0 aliphatic rings. The number of H-pyrrole nitrogens is 2. The molecule has 106 heavy (non-hydrogen) atoms. The fourth-order valence-corrected chi connectivity index (χ4v) is 11.6. The van der Waals surface area contributed by atoms with Gasteiger partial charge in [0.05, 0.1) is 32.8 Å². The van der Waals surface area contributed by atoms with Crippen LogP contribution in [0, 0.1) is 11.6 Å². The first-order valence-corrected chi connectivity index (χ1v) is 35.3. The van der Waals surface area contributed by atoms with Crippen LogP contribution in [0.15, 0.2) is 147 Å². The summed E-state index contributed by atoms with van der Waals surface area (Å²) in [6.45, 7) is 20.6. The Balaban J connectivity index is 0.000000360. The molecule has 24 nitrogen and oxygen atoms in total. The minimum atomic E-state index is -0.764. The molecule has 0 aliphatic carbocycles. The number of amides is 3. The van der Waals surface area contributed by atoms with Gasteiger partial charge >= 0.3 is 29.7 Å². The number of alkyl carbamates (subject to hydrolysis) is 3. The summed E-state index contributed by atoms with van der Waals surface area (Å²) in [6.07, 6.45) is 7.16. The topological polar surface area (TPSA) is 343 Å². The molecule has 4 heterocycles. The van der Waals surface area contributed by atoms with E-state index in [1.165, 1.54) is 9.13 Å². The van der Waals surface area contributed by atoms with Gasteiger partial charge in [-0.05, 0) is 222 Å². The predicted molar refractivity (Wildman–Crippen MR) is 427 cm³/mol. The molecular weight excluding hydrogens is 1440 g/mol. The van der Waals surface area contributed by atoms with E-state index in [0.717, 1.165) is 60.0 Å². The molecule has 0 radical (unpaired) electrons. The molecule has 570 valence electrons. The first-order chi connectivity index (χ1) is 49.3. The van der Waals surface area contributed by atoms with Crippen LogP contribution < -0.4 is 55.2 Å². The van der Waals surface area contributed by atoms with E-state index in [9.17, 15) is 24.0 Å². The van der Waals surface area contributed by atoms with Gasteiger partial charge in [-0.15, -0.1) is 0 Å². The SMILES string of the molecule is C[C@H](N)CCCc1cc(Cl)c(F)c(-c2cc3cn(-c4ccc([C@H](C)NCCCN=C(N)N)cc4)c(=O)nc3[nH]2)c1.C[C@H](NCCCN=C(NC(=O)OC(C)(C)C)NC(=O)OC(C)(C)C)c1ccc(-n2cc3cc(-c4cc(CCC[C@H](C)NC(=O)OCc5ccccc5)cc(Cl)c4F)[nH]c3nc2=O)cc1.S.S. The first kappa shape index (κ1) is 85.6. The number of hydrogen-bond donors (Lipinski definition) is 10. The van der Waals surface area contributed by atoms with E-state index >= 15 is 8.78 Å². The Morgan fingerprint density at radius 2 is 1.02 bits per heavy atom. The summed E-state index contributed by atoms with van der Waals surface area (Å²) in [6, 6.07) is 34.9. The number of aryl methyl sites for hydroxylation is 2. The lowest BCUT2D eigenvalue weighted by molar-refractivity contribution is 0.0544. The fraction of sp³-hybridized carbons (Fsp3) is 0.382. The molecule has 0 bridgehead atoms. The third-order valence-electron chi connectivity index (χ3n) is 16.3. The largest absolute Gasteiger partial charge is 0.445 e. The highest BCUT2D eigenvalue weighted by Crippen LogP contribution is 2.34. The highest BCUT2D eigenvalue weighted by atomic mass is 35.5. The number of rotatable bonds is 27. The van der Waals surface area contributed by atoms with Crippen molar-refractivity contribution in [3.8, 4) is 33.9 Å². The number of nitrogens with two attached hydrogens (primary N) is 3. The Hall–Kier alpha value is -9.29. The maximum Gasteiger partial charge on any atom is 0.414 e. The van der Waals surface area contributed by atoms with Crippen LogP contribution in [0.25, 0.3) is 56.0 Å². The third-order valence-corrected chi connectivity index (χ3v) is 16.8. The van der Waals surface area contributed by atoms with E-state index in [0.29, 0.717) is 89.2 Å². The number of halogens is 4. The average molecular weight is 1540 g/mol. The number of ether oxygens (including phenoxy) is 3. The number of nitrogens with zero attached hydrogens (tertiary/aromatic N) is 6. The summed E-state index contributed by atoms with van der Waals surface area (Å²) in [4.78, 5) is 86.1. The second-order valence-electron chi connectivity index (χ2n) is 27.5. The van der Waals surface area contributed by atoms with E-state index in [-0.39, 0.29) is 91.8 Å². The summed E-state index contributed by atoms with van der Waals surface area (Å²) in [5.41, 5.74) is 22.3. The molecule has 30 heteroatoms. The van der Waals surface area contributed by atoms with Crippen LogP contribution in [0.3, 0.4) is 0 Å². The smallest absolute Gasteiger partial charge is 0.414 e. The standard InChI is InChI=1S/C47H58ClFN8O7.C29H36ClFN8O.2H2S/c1-29(52-43(59)62-28-31-15-10-9-11-16-31)14-12-17-32-24-36(39(49)37(48)25-32)38-26-34-27-57(42(58)54-40(34)53-38)35-20-18-33(19-21-35)30(2)50-22-13-23-51-41(55-44(60)63-46(3,4)5)56-45(61)64-47(6,7)8;1-17(32)5-3-6-19-13-23(26(31)24(30)14-19)25-15-21-16-39(29(40)38-27(21)37-25)22-9-7-20(8-10-22)18(2)35-11-4-12-36-28(33)34;;/h9-11,15-16,18-21,24-27,29-30,50H,12-14,17,22-23,28H2,1-8H3,(H,52,59)(H,53,54,58)(H2,51,55,56,60,61);7-10,13-18,35H,3-6,11-12,32H2,1-2H3,(H4,33,34,36)(H,37,38,40);2*1H2/t29-,30-;17-,18-;;/m00../s1. The Kier molecular flexibility index (Phi) is 32.2. The molecule has 3 amide bonds. The second kappa shape index (κ2) is 39.9. The van der Waals surface area contributed by atoms with Crippen molar-refractivity contribution in [3.05, 3.63) is 198 Å². The molecule has 0 spiro atoms. The quantitative estimate of drug-likeness (QED) is 0.00990. The number of carbonyl (C=O) groups is 3. The molecule has 0 fully saturated rings. The summed E-state index contributed by atoms with van der Waals surface area (Å²) >= 11 is 12.6. The van der Waals surface area contributed by atoms with Crippen LogP contribution in [0.5, 0.6) is 0 Å². The van der Waals surface area contributed by atoms with Gasteiger partial charge in [0.15, 0.2) is 17.6 Å². The predicted octanol–water partition coefficient (Wildman–Crippen LogP) is 13.6. The molecule has 0 unspecified atom stereocenters. The zero-order valence-corrected chi connectivity index (χ0v) is 64.8. The van der Waals surface area contributed by atoms with Crippen molar-refractivity contribution >= 4 is 102 Å². The van der Waals surface area contributed by atoms with Crippen LogP contribution in [0.2, 0.25) is 10.0 Å². The van der Waals surface area contributed by atoms with Gasteiger partial charge in [-0.25, -0.2) is 32.8 Å². The van der Waals surface area contributed by atoms with Crippen molar-refractivity contribution in [2.75, 3.05) is 26.2 Å². The van der Waals surface area contributed by atoms with Gasteiger partial charge in [-0.2, -0.15) is 37.0 Å². The fourth-order valence-electron chi connectivity index (χ4n) is 11.1. The van der Waals surface area contributed by atoms with Gasteiger partial charge in [0.1, 0.15) is 29.1 Å². The lowest BCUT2D eigenvalue weighted by Gasteiger charge is -2.22. The Bertz CT molecular complexity index is 4570. The average Bonchev–Trinajstić information content (AvgIpc) is 1.62. The summed E-state index contributed by atoms with van der Waals surface area (Å²) in [7, 11) is 0. The minimum Gasteiger partial charge on any atom is -0.445 e. The van der Waals surface area contributed by atoms with Crippen molar-refractivity contribution in [2.45, 2.75) is 163 Å². The molecule has 0 saturated heterocycles. The van der Waals surface area contributed by atoms with Gasteiger partial charge in [0.2, 0.25) is 5.96 Å². The number of benzene rings is 5. The van der Waals surface area contributed by atoms with Crippen molar-refractivity contribution in [1.82, 2.24) is 55.7 Å². The zero-order chi connectivity index (χ0) is 75.4. The van der Waals surface area contributed by atoms with Crippen molar-refractivity contribution in [1.29, 1.82) is 0 Å². The van der Waals surface area contributed by atoms with Crippen molar-refractivity contribution < 1.29 is 37.4 Å². The van der Waals surface area contributed by atoms with E-state index in [4.69, 9.17) is 54.6 Å². The monoisotopic (exact) mass is 1530 g/mol. The summed E-state index contributed by atoms with van der Waals surface area (Å²) < 4.78 is 49.4. The number of hydrogen-bond acceptors (Lipinski definition) is 15. The number of carbonyl (C=O) groups excluding carboxylic acids is 3. The molecule has 9 aromatic rings. The number of guanidine groups is 2. The first-order valence-electron chi connectivity index (χ1n) is 34.6. The molecule has 0 saturated carbocycles. The Morgan fingerprint density at radius 3 is 1.44 bits per heavy atom. The maximum atomic E-state index is 15.5. The van der Waals surface area contributed by atoms with E-state index in [2.05, 4.69) is 63.4 Å². The van der Waals surface area contributed by atoms with Crippen molar-refractivity contribution in [2.24, 2.45) is 27.2 Å². The third kappa shape index (κ3) is 26.3. The van der Waals surface area contributed by atoms with Gasteiger partial charge in [0.25, 0.3) is 0 Å². The second-order valence-corrected chi connectivity index (χ2v) is 28.4. The highest BCUT2D eigenvalue weighted by molar-refractivity contribution is 7.59. The molecular formula is C76H98Cl2F2N16O8S2. The molecule has 4 aromatic heterocycles. The molecule has 4 atom stereocenters. The van der Waals surface area contributed by atoms with Crippen LogP contribution in [-0.2, 0) is 33.7 Å². The van der Waals surface area contributed by atoms with Gasteiger partial charge in [-0.3, -0.25) is 29.8 Å². The number of nitrogens with one attached hydrogen (secondary N) is 7. The number of aromatic amines is 2. The van der Waals surface area contributed by atoms with Crippen LogP contribution in [0.4, 0.5) is 23.2 Å². The maximum absolute atomic E-state index is 15.5. The lowest BCUT2D eigenvalue weighted by Crippen LogP contribution is -2.47. The molecule has 13 N–H and O–H groups in total. The number of fused-ring (bicyclic) bond motifs is 2. The van der Waals surface area contributed by atoms with Crippen LogP contribution >= 0.6 is 50.2 Å². The van der Waals surface area contributed by atoms with Gasteiger partial charge < -0.3 is 57.3 Å². The molecule has 0 aliphatic heterocycles. The van der Waals surface area contributed by atoms with Crippen molar-refractivity contribution in [3.63, 3.8) is 0 Å². The number of aliphatic imine (C=N–C) groups is 2.